The predicted molar refractivity (Wildman–Crippen MR) is 147 cm³/mol. The van der Waals surface area contributed by atoms with Crippen molar-refractivity contribution in [2.75, 3.05) is 18.6 Å². The Kier molecular flexibility index (Phi) is 7.39. The highest BCUT2D eigenvalue weighted by molar-refractivity contribution is 6.24. The second-order valence-electron chi connectivity index (χ2n) is 9.43. The van der Waals surface area contributed by atoms with Gasteiger partial charge in [0.15, 0.2) is 0 Å². The number of aromatic nitrogens is 1. The van der Waals surface area contributed by atoms with Gasteiger partial charge >= 0.3 is 11.9 Å². The number of hydrogen-bond acceptors (Lipinski definition) is 5. The minimum Gasteiger partial charge on any atom is -0.465 e. The van der Waals surface area contributed by atoms with Crippen molar-refractivity contribution >= 4 is 29.6 Å². The second-order valence-corrected chi connectivity index (χ2v) is 9.43. The molecule has 7 heteroatoms. The highest BCUT2D eigenvalue weighted by Crippen LogP contribution is 2.36. The van der Waals surface area contributed by atoms with Crippen LogP contribution in [0.2, 0.25) is 0 Å². The van der Waals surface area contributed by atoms with Crippen LogP contribution in [-0.4, -0.2) is 36.1 Å². The van der Waals surface area contributed by atoms with Crippen LogP contribution in [0.1, 0.15) is 52.3 Å². The Morgan fingerprint density at radius 2 is 1.50 bits per heavy atom. The number of carbonyl (C=O) groups is 3. The fraction of sp³-hybridized carbons (Fsp3) is 0.258. The molecule has 0 aliphatic carbocycles. The Balaban J connectivity index is 1.79. The molecule has 0 N–H and O–H groups in total. The Labute approximate surface area is 223 Å². The maximum Gasteiger partial charge on any atom is 0.340 e. The van der Waals surface area contributed by atoms with Gasteiger partial charge < -0.3 is 14.0 Å². The second kappa shape index (κ2) is 10.5. The molecule has 0 fully saturated rings. The Hall–Kier alpha value is -4.39. The van der Waals surface area contributed by atoms with E-state index in [4.69, 9.17) is 9.47 Å². The van der Waals surface area contributed by atoms with Gasteiger partial charge in [0.2, 0.25) is 0 Å². The van der Waals surface area contributed by atoms with Crippen molar-refractivity contribution in [2.45, 2.75) is 41.5 Å². The number of benzene rings is 2. The Morgan fingerprint density at radius 1 is 0.868 bits per heavy atom. The molecule has 0 radical (unpaired) electrons. The highest BCUT2D eigenvalue weighted by Gasteiger charge is 2.38. The van der Waals surface area contributed by atoms with Crippen LogP contribution >= 0.6 is 0 Å². The number of amides is 1. The van der Waals surface area contributed by atoms with Gasteiger partial charge in [-0.25, -0.2) is 9.59 Å². The third kappa shape index (κ3) is 4.79. The molecule has 0 spiro atoms. The lowest BCUT2D eigenvalue weighted by Gasteiger charge is -2.18. The molecule has 38 heavy (non-hydrogen) atoms. The zero-order valence-corrected chi connectivity index (χ0v) is 22.8. The van der Waals surface area contributed by atoms with Crippen molar-refractivity contribution in [2.24, 2.45) is 0 Å². The maximum atomic E-state index is 13.7. The zero-order valence-electron chi connectivity index (χ0n) is 22.8. The summed E-state index contributed by atoms with van der Waals surface area (Å²) in [6, 6.07) is 14.9. The minimum absolute atomic E-state index is 0.211. The average molecular weight is 513 g/mol. The van der Waals surface area contributed by atoms with Gasteiger partial charge in [0.25, 0.3) is 5.91 Å². The summed E-state index contributed by atoms with van der Waals surface area (Å²) in [5.74, 6) is -1.37. The van der Waals surface area contributed by atoms with Gasteiger partial charge in [0.05, 0.1) is 30.4 Å². The van der Waals surface area contributed by atoms with Crippen molar-refractivity contribution in [3.05, 3.63) is 99.0 Å². The number of ether oxygens (including phenoxy) is 2. The molecule has 0 bridgehead atoms. The maximum absolute atomic E-state index is 13.7. The topological polar surface area (TPSA) is 77.8 Å². The first-order chi connectivity index (χ1) is 18.1. The van der Waals surface area contributed by atoms with Crippen molar-refractivity contribution in [1.82, 2.24) is 4.57 Å². The summed E-state index contributed by atoms with van der Waals surface area (Å²) >= 11 is 0. The van der Waals surface area contributed by atoms with Crippen molar-refractivity contribution in [3.8, 4) is 5.69 Å². The van der Waals surface area contributed by atoms with Gasteiger partial charge in [-0.05, 0) is 107 Å². The monoisotopic (exact) mass is 512 g/mol. The van der Waals surface area contributed by atoms with Crippen molar-refractivity contribution < 1.29 is 23.9 Å². The molecule has 0 unspecified atom stereocenters. The summed E-state index contributed by atoms with van der Waals surface area (Å²) in [6.07, 6.45) is 1.76. The van der Waals surface area contributed by atoms with Crippen LogP contribution in [0.5, 0.6) is 0 Å². The number of esters is 2. The van der Waals surface area contributed by atoms with Gasteiger partial charge in [0.1, 0.15) is 0 Å². The molecule has 196 valence electrons. The first-order valence-corrected chi connectivity index (χ1v) is 12.5. The van der Waals surface area contributed by atoms with E-state index in [0.29, 0.717) is 16.9 Å². The minimum atomic E-state index is -0.587. The summed E-state index contributed by atoms with van der Waals surface area (Å²) in [7, 11) is 1.30. The quantitative estimate of drug-likeness (QED) is 0.310. The van der Waals surface area contributed by atoms with E-state index in [9.17, 15) is 14.4 Å². The number of hydrogen-bond donors (Lipinski definition) is 0. The molecule has 1 aromatic heterocycles. The lowest BCUT2D eigenvalue weighted by atomic mass is 10.0. The van der Waals surface area contributed by atoms with E-state index in [0.717, 1.165) is 33.8 Å². The van der Waals surface area contributed by atoms with Gasteiger partial charge in [-0.15, -0.1) is 0 Å². The Morgan fingerprint density at radius 3 is 2.08 bits per heavy atom. The van der Waals surface area contributed by atoms with Crippen LogP contribution in [0.3, 0.4) is 0 Å². The first kappa shape index (κ1) is 26.7. The lowest BCUT2D eigenvalue weighted by molar-refractivity contribution is -0.136. The van der Waals surface area contributed by atoms with Gasteiger partial charge in [-0.1, -0.05) is 6.07 Å². The fourth-order valence-electron chi connectivity index (χ4n) is 5.02. The van der Waals surface area contributed by atoms with Crippen LogP contribution in [0, 0.1) is 27.7 Å². The largest absolute Gasteiger partial charge is 0.465 e. The molecule has 2 aromatic carbocycles. The van der Waals surface area contributed by atoms with Crippen LogP contribution in [0.25, 0.3) is 11.8 Å². The molecule has 1 aliphatic heterocycles. The van der Waals surface area contributed by atoms with E-state index in [1.165, 1.54) is 12.0 Å². The first-order valence-electron chi connectivity index (χ1n) is 12.5. The van der Waals surface area contributed by atoms with Gasteiger partial charge in [-0.3, -0.25) is 9.69 Å². The SMILES string of the molecule is CCOC(=O)c1ccc(N2C(=O)/C(=C\c3cc(C)n(-c4cc(C)cc(C)c4)c3C)C(C(=O)OC)=C2C)cc1. The molecule has 4 rings (SSSR count). The van der Waals surface area contributed by atoms with Gasteiger partial charge in [0, 0.05) is 28.5 Å². The normalized spacial score (nSPS) is 14.4. The molecule has 3 aromatic rings. The predicted octanol–water partition coefficient (Wildman–Crippen LogP) is 5.76. The molecule has 1 amide bonds. The molecular weight excluding hydrogens is 480 g/mol. The van der Waals surface area contributed by atoms with E-state index < -0.39 is 11.9 Å². The third-order valence-electron chi connectivity index (χ3n) is 6.66. The number of rotatable bonds is 6. The molecule has 0 atom stereocenters. The Bertz CT molecular complexity index is 1490. The molecule has 7 nitrogen and oxygen atoms in total. The standard InChI is InChI=1S/C31H32N2O5/c1-8-38-30(35)23-9-11-25(12-10-23)33-22(6)28(31(36)37-7)27(29(33)34)17-24-16-20(4)32(21(24)5)26-14-18(2)13-19(3)15-26/h9-17H,8H2,1-7H3/b27-17-. The molecule has 0 saturated carbocycles. The summed E-state index contributed by atoms with van der Waals surface area (Å²) in [6.45, 7) is 11.9. The highest BCUT2D eigenvalue weighted by atomic mass is 16.5. The summed E-state index contributed by atoms with van der Waals surface area (Å²) < 4.78 is 12.2. The number of allylic oxidation sites excluding steroid dienone is 1. The van der Waals surface area contributed by atoms with E-state index in [1.807, 2.05) is 19.9 Å². The van der Waals surface area contributed by atoms with E-state index in [1.54, 1.807) is 44.2 Å². The summed E-state index contributed by atoms with van der Waals surface area (Å²) in [4.78, 5) is 40.1. The van der Waals surface area contributed by atoms with E-state index in [2.05, 4.69) is 36.6 Å². The number of anilines is 1. The van der Waals surface area contributed by atoms with Gasteiger partial charge in [-0.2, -0.15) is 0 Å². The molecule has 1 aliphatic rings. The molecule has 2 heterocycles. The van der Waals surface area contributed by atoms with Crippen LogP contribution in [0.15, 0.2) is 65.4 Å². The van der Waals surface area contributed by atoms with Crippen LogP contribution < -0.4 is 4.90 Å². The summed E-state index contributed by atoms with van der Waals surface area (Å²) in [5, 5.41) is 0. The van der Waals surface area contributed by atoms with Crippen LogP contribution in [-0.2, 0) is 19.1 Å². The third-order valence-corrected chi connectivity index (χ3v) is 6.66. The lowest BCUT2D eigenvalue weighted by Crippen LogP contribution is -2.24. The van der Waals surface area contributed by atoms with E-state index >= 15 is 0 Å². The van der Waals surface area contributed by atoms with Crippen molar-refractivity contribution in [1.29, 1.82) is 0 Å². The van der Waals surface area contributed by atoms with E-state index in [-0.39, 0.29) is 23.7 Å². The number of methoxy groups -OCH3 is 1. The fourth-order valence-corrected chi connectivity index (χ4v) is 5.02. The van der Waals surface area contributed by atoms with Crippen molar-refractivity contribution in [3.63, 3.8) is 0 Å². The number of nitrogens with zero attached hydrogens (tertiary/aromatic N) is 2. The summed E-state index contributed by atoms with van der Waals surface area (Å²) in [5.41, 5.74) is 8.00. The average Bonchev–Trinajstić information content (AvgIpc) is 3.29. The number of carbonyl (C=O) groups excluding carboxylic acids is 3. The smallest absolute Gasteiger partial charge is 0.340 e. The molecule has 0 saturated heterocycles. The number of aryl methyl sites for hydroxylation is 3. The zero-order chi connectivity index (χ0) is 27.7. The van der Waals surface area contributed by atoms with Crippen LogP contribution in [0.4, 0.5) is 5.69 Å². The molecular formula is C31H32N2O5.